The number of hydrogen-bond donors (Lipinski definition) is 1. The Hall–Kier alpha value is -2.47. The van der Waals surface area contributed by atoms with Crippen LogP contribution in [0.2, 0.25) is 0 Å². The first-order valence-corrected chi connectivity index (χ1v) is 9.61. The number of imidazole rings is 1. The van der Waals surface area contributed by atoms with Crippen LogP contribution in [-0.4, -0.2) is 15.5 Å². The van der Waals surface area contributed by atoms with Crippen molar-refractivity contribution in [3.05, 3.63) is 88.2 Å². The van der Waals surface area contributed by atoms with Crippen molar-refractivity contribution < 1.29 is 9.18 Å². The molecule has 138 valence electrons. The van der Waals surface area contributed by atoms with E-state index in [2.05, 4.69) is 32.3 Å². The van der Waals surface area contributed by atoms with E-state index in [1.165, 1.54) is 12.1 Å². The van der Waals surface area contributed by atoms with Gasteiger partial charge < -0.3 is 9.88 Å². The predicted octanol–water partition coefficient (Wildman–Crippen LogP) is 4.33. The van der Waals surface area contributed by atoms with Crippen molar-refractivity contribution >= 4 is 21.8 Å². The highest BCUT2D eigenvalue weighted by Gasteiger charge is 2.44. The van der Waals surface area contributed by atoms with E-state index in [1.807, 2.05) is 36.0 Å². The zero-order chi connectivity index (χ0) is 19.0. The third-order valence-corrected chi connectivity index (χ3v) is 5.48. The van der Waals surface area contributed by atoms with Gasteiger partial charge in [0.1, 0.15) is 17.7 Å². The molecule has 0 radical (unpaired) electrons. The molecule has 4 nitrogen and oxygen atoms in total. The molecule has 3 aromatic rings. The molecule has 3 unspecified atom stereocenters. The van der Waals surface area contributed by atoms with E-state index >= 15 is 0 Å². The Morgan fingerprint density at radius 1 is 1.30 bits per heavy atom. The van der Waals surface area contributed by atoms with Gasteiger partial charge in [-0.25, -0.2) is 9.37 Å². The van der Waals surface area contributed by atoms with E-state index in [4.69, 9.17) is 0 Å². The molecule has 1 N–H and O–H groups in total. The summed E-state index contributed by atoms with van der Waals surface area (Å²) in [7, 11) is 1.86. The van der Waals surface area contributed by atoms with Crippen LogP contribution in [0.4, 0.5) is 4.39 Å². The van der Waals surface area contributed by atoms with Gasteiger partial charge in [-0.3, -0.25) is 4.79 Å². The van der Waals surface area contributed by atoms with Crippen molar-refractivity contribution in [2.75, 3.05) is 0 Å². The summed E-state index contributed by atoms with van der Waals surface area (Å²) in [4.78, 5) is 17.3. The number of aryl methyl sites for hydroxylation is 1. The molecule has 0 saturated heterocycles. The highest BCUT2D eigenvalue weighted by molar-refractivity contribution is 9.10. The number of hydrogen-bond acceptors (Lipinski definition) is 2. The van der Waals surface area contributed by atoms with E-state index < -0.39 is 6.04 Å². The van der Waals surface area contributed by atoms with Gasteiger partial charge in [0, 0.05) is 29.8 Å². The van der Waals surface area contributed by atoms with E-state index in [1.54, 1.807) is 18.3 Å². The molecule has 6 heteroatoms. The average molecular weight is 428 g/mol. The lowest BCUT2D eigenvalue weighted by molar-refractivity contribution is -0.123. The summed E-state index contributed by atoms with van der Waals surface area (Å²) >= 11 is 3.48. The number of rotatable bonds is 5. The zero-order valence-corrected chi connectivity index (χ0v) is 16.4. The summed E-state index contributed by atoms with van der Waals surface area (Å²) in [5.74, 6) is 0.456. The minimum absolute atomic E-state index is 0.0303. The number of amides is 1. The van der Waals surface area contributed by atoms with Gasteiger partial charge in [-0.05, 0) is 47.7 Å². The minimum Gasteiger partial charge on any atom is -0.342 e. The van der Waals surface area contributed by atoms with Crippen LogP contribution in [0.3, 0.4) is 0 Å². The summed E-state index contributed by atoms with van der Waals surface area (Å²) in [5, 5.41) is 3.08. The van der Waals surface area contributed by atoms with Crippen LogP contribution in [-0.2, 0) is 11.8 Å². The highest BCUT2D eigenvalue weighted by Crippen LogP contribution is 2.48. The van der Waals surface area contributed by atoms with E-state index in [9.17, 15) is 9.18 Å². The number of benzene rings is 2. The van der Waals surface area contributed by atoms with Crippen molar-refractivity contribution in [2.24, 2.45) is 13.0 Å². The maximum Gasteiger partial charge on any atom is 0.224 e. The number of halogens is 2. The van der Waals surface area contributed by atoms with Gasteiger partial charge in [-0.2, -0.15) is 0 Å². The fraction of sp³-hybridized carbons (Fsp3) is 0.238. The fourth-order valence-electron chi connectivity index (χ4n) is 3.48. The lowest BCUT2D eigenvalue weighted by Crippen LogP contribution is -2.32. The number of nitrogens with zero attached hydrogens (tertiary/aromatic N) is 2. The Kier molecular flexibility index (Phi) is 4.83. The van der Waals surface area contributed by atoms with Crippen LogP contribution in [0.5, 0.6) is 0 Å². The molecule has 1 saturated carbocycles. The first-order chi connectivity index (χ1) is 13.0. The van der Waals surface area contributed by atoms with Gasteiger partial charge >= 0.3 is 0 Å². The Morgan fingerprint density at radius 2 is 2.11 bits per heavy atom. The first-order valence-electron chi connectivity index (χ1n) is 8.81. The molecular weight excluding hydrogens is 409 g/mol. The molecule has 1 amide bonds. The lowest BCUT2D eigenvalue weighted by atomic mass is 10.0. The van der Waals surface area contributed by atoms with Crippen molar-refractivity contribution in [2.45, 2.75) is 18.4 Å². The molecule has 0 bridgehead atoms. The highest BCUT2D eigenvalue weighted by atomic mass is 79.9. The molecule has 0 aliphatic heterocycles. The van der Waals surface area contributed by atoms with Crippen LogP contribution in [0, 0.1) is 11.7 Å². The van der Waals surface area contributed by atoms with E-state index in [0.29, 0.717) is 11.4 Å². The van der Waals surface area contributed by atoms with Gasteiger partial charge in [0.2, 0.25) is 5.91 Å². The summed E-state index contributed by atoms with van der Waals surface area (Å²) in [5.41, 5.74) is 1.83. The molecule has 1 aliphatic rings. The summed E-state index contributed by atoms with van der Waals surface area (Å²) < 4.78 is 16.6. The molecule has 3 atom stereocenters. The largest absolute Gasteiger partial charge is 0.342 e. The molecule has 1 heterocycles. The monoisotopic (exact) mass is 427 g/mol. The van der Waals surface area contributed by atoms with Crippen LogP contribution in [0.15, 0.2) is 65.4 Å². The summed E-state index contributed by atoms with van der Waals surface area (Å²) in [6, 6.07) is 13.9. The molecular formula is C21H19BrFN3O. The predicted molar refractivity (Wildman–Crippen MR) is 105 cm³/mol. The first kappa shape index (κ1) is 17.9. The molecule has 1 fully saturated rings. The molecule has 1 aromatic heterocycles. The maximum atomic E-state index is 13.8. The summed E-state index contributed by atoms with van der Waals surface area (Å²) in [6.07, 6.45) is 4.31. The normalized spacial score (nSPS) is 19.5. The fourth-order valence-corrected chi connectivity index (χ4v) is 3.90. The van der Waals surface area contributed by atoms with Crippen LogP contribution < -0.4 is 5.32 Å². The second-order valence-corrected chi connectivity index (χ2v) is 7.81. The van der Waals surface area contributed by atoms with E-state index in [-0.39, 0.29) is 23.6 Å². The second-order valence-electron chi connectivity index (χ2n) is 6.90. The van der Waals surface area contributed by atoms with Gasteiger partial charge in [-0.1, -0.05) is 40.2 Å². The van der Waals surface area contributed by atoms with Gasteiger partial charge in [0.25, 0.3) is 0 Å². The smallest absolute Gasteiger partial charge is 0.224 e. The van der Waals surface area contributed by atoms with Crippen molar-refractivity contribution in [1.82, 2.24) is 14.9 Å². The Labute approximate surface area is 165 Å². The molecule has 4 rings (SSSR count). The molecule has 27 heavy (non-hydrogen) atoms. The Morgan fingerprint density at radius 3 is 2.81 bits per heavy atom. The number of aromatic nitrogens is 2. The Bertz CT molecular complexity index is 987. The van der Waals surface area contributed by atoms with Gasteiger partial charge in [0.05, 0.1) is 0 Å². The number of nitrogens with one attached hydrogen (secondary N) is 1. The average Bonchev–Trinajstić information content (AvgIpc) is 3.35. The number of carbonyl (C=O) groups is 1. The van der Waals surface area contributed by atoms with Gasteiger partial charge in [-0.15, -0.1) is 0 Å². The minimum atomic E-state index is -0.489. The maximum absolute atomic E-state index is 13.8. The standard InChI is InChI=1S/C21H19BrFN3O/c1-26-9-8-24-20(26)19(14-5-3-7-16(23)11-14)25-21(27)18-12-17(18)13-4-2-6-15(22)10-13/h2-11,17-19H,12H2,1H3,(H,25,27). The zero-order valence-electron chi connectivity index (χ0n) is 14.8. The topological polar surface area (TPSA) is 46.9 Å². The lowest BCUT2D eigenvalue weighted by Gasteiger charge is -2.19. The van der Waals surface area contributed by atoms with E-state index in [0.717, 1.165) is 16.5 Å². The van der Waals surface area contributed by atoms with Gasteiger partial charge in [0.15, 0.2) is 0 Å². The quantitative estimate of drug-likeness (QED) is 0.658. The number of carbonyl (C=O) groups excluding carboxylic acids is 1. The Balaban J connectivity index is 1.56. The van der Waals surface area contributed by atoms with Crippen LogP contribution in [0.25, 0.3) is 0 Å². The van der Waals surface area contributed by atoms with Crippen LogP contribution >= 0.6 is 15.9 Å². The SMILES string of the molecule is Cn1ccnc1C(NC(=O)C1CC1c1cccc(Br)c1)c1cccc(F)c1. The van der Waals surface area contributed by atoms with Crippen molar-refractivity contribution in [3.63, 3.8) is 0 Å². The third kappa shape index (κ3) is 3.81. The van der Waals surface area contributed by atoms with Crippen molar-refractivity contribution in [1.29, 1.82) is 0 Å². The second kappa shape index (κ2) is 7.27. The third-order valence-electron chi connectivity index (χ3n) is 4.99. The van der Waals surface area contributed by atoms with Crippen LogP contribution in [0.1, 0.15) is 35.3 Å². The molecule has 1 aliphatic carbocycles. The van der Waals surface area contributed by atoms with Crippen molar-refractivity contribution in [3.8, 4) is 0 Å². The summed E-state index contributed by atoms with van der Waals surface area (Å²) in [6.45, 7) is 0. The molecule has 0 spiro atoms. The molecule has 2 aromatic carbocycles.